The first kappa shape index (κ1) is 16.3. The van der Waals surface area contributed by atoms with Crippen LogP contribution in [-0.2, 0) is 20.6 Å². The van der Waals surface area contributed by atoms with Gasteiger partial charge in [0.25, 0.3) is 5.91 Å². The summed E-state index contributed by atoms with van der Waals surface area (Å²) in [4.78, 5) is 11.4. The lowest BCUT2D eigenvalue weighted by Gasteiger charge is -2.22. The van der Waals surface area contributed by atoms with Crippen molar-refractivity contribution in [2.24, 2.45) is 0 Å². The predicted octanol–water partition coefficient (Wildman–Crippen LogP) is 2.58. The van der Waals surface area contributed by atoms with Crippen molar-refractivity contribution in [2.45, 2.75) is 19.6 Å². The molecule has 0 spiro atoms. The van der Waals surface area contributed by atoms with Crippen LogP contribution in [0.2, 0.25) is 0 Å². The van der Waals surface area contributed by atoms with Gasteiger partial charge in [-0.2, -0.15) is 0 Å². The molecule has 126 valence electrons. The molecule has 1 aliphatic rings. The van der Waals surface area contributed by atoms with E-state index in [1.165, 1.54) is 0 Å². The Morgan fingerprint density at radius 1 is 1.21 bits per heavy atom. The third-order valence-electron chi connectivity index (χ3n) is 3.73. The van der Waals surface area contributed by atoms with Crippen molar-refractivity contribution in [3.8, 4) is 5.75 Å². The highest BCUT2D eigenvalue weighted by Crippen LogP contribution is 2.37. The van der Waals surface area contributed by atoms with E-state index in [9.17, 15) is 13.2 Å². The Morgan fingerprint density at radius 3 is 2.71 bits per heavy atom. The third-order valence-corrected chi connectivity index (χ3v) is 4.95. The third kappa shape index (κ3) is 3.51. The summed E-state index contributed by atoms with van der Waals surface area (Å²) in [5, 5.41) is 2.69. The fourth-order valence-electron chi connectivity index (χ4n) is 2.60. The highest BCUT2D eigenvalue weighted by atomic mass is 32.2. The Morgan fingerprint density at radius 2 is 1.96 bits per heavy atom. The highest BCUT2D eigenvalue weighted by molar-refractivity contribution is 7.91. The molecule has 0 radical (unpaired) electrons. The van der Waals surface area contributed by atoms with Crippen LogP contribution in [0.3, 0.4) is 0 Å². The average molecular weight is 346 g/mol. The zero-order chi connectivity index (χ0) is 17.3. The highest BCUT2D eigenvalue weighted by Gasteiger charge is 2.23. The molecule has 3 rings (SSSR count). The first-order chi connectivity index (χ1) is 11.3. The van der Waals surface area contributed by atoms with Crippen molar-refractivity contribution < 1.29 is 17.9 Å². The number of hydrogen-bond donors (Lipinski definition) is 2. The van der Waals surface area contributed by atoms with E-state index in [-0.39, 0.29) is 18.3 Å². The Kier molecular flexibility index (Phi) is 4.19. The van der Waals surface area contributed by atoms with E-state index in [4.69, 9.17) is 4.74 Å². The minimum absolute atomic E-state index is 0.130. The lowest BCUT2D eigenvalue weighted by molar-refractivity contribution is -0.118. The van der Waals surface area contributed by atoms with Crippen molar-refractivity contribution in [2.75, 3.05) is 16.6 Å². The molecule has 0 aromatic heterocycles. The molecule has 0 aliphatic carbocycles. The maximum Gasteiger partial charge on any atom is 0.262 e. The van der Waals surface area contributed by atoms with Gasteiger partial charge < -0.3 is 10.1 Å². The smallest absolute Gasteiger partial charge is 0.262 e. The van der Waals surface area contributed by atoms with Gasteiger partial charge in [-0.15, -0.1) is 0 Å². The molecular weight excluding hydrogens is 328 g/mol. The van der Waals surface area contributed by atoms with Crippen molar-refractivity contribution in [1.29, 1.82) is 0 Å². The topological polar surface area (TPSA) is 84.5 Å². The second kappa shape index (κ2) is 6.16. The number of aryl methyl sites for hydroxylation is 2. The molecule has 24 heavy (non-hydrogen) atoms. The molecule has 0 saturated carbocycles. The van der Waals surface area contributed by atoms with Crippen LogP contribution in [0, 0.1) is 13.8 Å². The molecular formula is C17H18N2O4S. The summed E-state index contributed by atoms with van der Waals surface area (Å²) in [6.07, 6.45) is 0. The number of hydrogen-bond acceptors (Lipinski definition) is 4. The van der Waals surface area contributed by atoms with Gasteiger partial charge in [-0.05, 0) is 42.7 Å². The molecule has 0 saturated heterocycles. The molecule has 1 amide bonds. The fourth-order valence-corrected chi connectivity index (χ4v) is 3.89. The minimum Gasteiger partial charge on any atom is -0.479 e. The number of carbonyl (C=O) groups is 1. The zero-order valence-corrected chi connectivity index (χ0v) is 14.2. The summed E-state index contributed by atoms with van der Waals surface area (Å²) in [5.41, 5.74) is 3.27. The molecule has 7 heteroatoms. The minimum atomic E-state index is -3.62. The number of carbonyl (C=O) groups excluding carboxylic acids is 1. The number of fused-ring (bicyclic) bond motifs is 1. The summed E-state index contributed by atoms with van der Waals surface area (Å²) >= 11 is 0. The number of nitrogens with one attached hydrogen (secondary N) is 2. The maximum atomic E-state index is 12.5. The second-order valence-electron chi connectivity index (χ2n) is 5.81. The summed E-state index contributed by atoms with van der Waals surface area (Å²) < 4.78 is 33.0. The standard InChI is InChI=1S/C17H18N2O4S/c1-11-7-14-17(23-9-16(20)18-14)15(8-11)19-24(21,22)10-13-6-4-3-5-12(13)2/h3-8,19H,9-10H2,1-2H3,(H,18,20). The van der Waals surface area contributed by atoms with E-state index in [0.29, 0.717) is 17.1 Å². The number of rotatable bonds is 4. The summed E-state index contributed by atoms with van der Waals surface area (Å²) in [7, 11) is -3.62. The molecule has 2 N–H and O–H groups in total. The van der Waals surface area contributed by atoms with Gasteiger partial charge >= 0.3 is 0 Å². The maximum absolute atomic E-state index is 12.5. The molecule has 1 aliphatic heterocycles. The molecule has 0 fully saturated rings. The van der Waals surface area contributed by atoms with Crippen LogP contribution in [0.4, 0.5) is 11.4 Å². The van der Waals surface area contributed by atoms with E-state index in [1.54, 1.807) is 18.2 Å². The molecule has 0 atom stereocenters. The van der Waals surface area contributed by atoms with E-state index >= 15 is 0 Å². The Labute approximate surface area is 140 Å². The molecule has 1 heterocycles. The largest absolute Gasteiger partial charge is 0.479 e. The summed E-state index contributed by atoms with van der Waals surface area (Å²) in [6.45, 7) is 3.56. The lowest BCUT2D eigenvalue weighted by Crippen LogP contribution is -2.26. The van der Waals surface area contributed by atoms with Crippen LogP contribution in [-0.4, -0.2) is 20.9 Å². The summed E-state index contributed by atoms with van der Waals surface area (Å²) in [5.74, 6) is -0.0512. The normalized spacial score (nSPS) is 13.7. The van der Waals surface area contributed by atoms with Crippen LogP contribution >= 0.6 is 0 Å². The number of amides is 1. The Hall–Kier alpha value is -2.54. The van der Waals surface area contributed by atoms with Crippen molar-refractivity contribution in [3.05, 3.63) is 53.1 Å². The SMILES string of the molecule is Cc1cc2c(c(NS(=O)(=O)Cc3ccccc3C)c1)OCC(=O)N2. The van der Waals surface area contributed by atoms with E-state index in [1.807, 2.05) is 32.0 Å². The monoisotopic (exact) mass is 346 g/mol. The first-order valence-electron chi connectivity index (χ1n) is 7.46. The quantitative estimate of drug-likeness (QED) is 0.891. The van der Waals surface area contributed by atoms with Crippen LogP contribution in [0.25, 0.3) is 0 Å². The van der Waals surface area contributed by atoms with Crippen molar-refractivity contribution in [3.63, 3.8) is 0 Å². The average Bonchev–Trinajstić information content (AvgIpc) is 2.48. The number of anilines is 2. The molecule has 0 bridgehead atoms. The van der Waals surface area contributed by atoms with E-state index in [0.717, 1.165) is 16.7 Å². The lowest BCUT2D eigenvalue weighted by atomic mass is 10.1. The van der Waals surface area contributed by atoms with Gasteiger partial charge in [0.15, 0.2) is 12.4 Å². The zero-order valence-electron chi connectivity index (χ0n) is 13.4. The molecule has 2 aromatic rings. The van der Waals surface area contributed by atoms with Crippen LogP contribution in [0.15, 0.2) is 36.4 Å². The molecule has 2 aromatic carbocycles. The predicted molar refractivity (Wildman–Crippen MR) is 92.7 cm³/mol. The second-order valence-corrected chi connectivity index (χ2v) is 7.54. The Balaban J connectivity index is 1.90. The van der Waals surface area contributed by atoms with Gasteiger partial charge in [-0.3, -0.25) is 9.52 Å². The molecule has 0 unspecified atom stereocenters. The van der Waals surface area contributed by atoms with Gasteiger partial charge in [-0.25, -0.2) is 8.42 Å². The van der Waals surface area contributed by atoms with Gasteiger partial charge in [-0.1, -0.05) is 24.3 Å². The van der Waals surface area contributed by atoms with Gasteiger partial charge in [0.2, 0.25) is 10.0 Å². The van der Waals surface area contributed by atoms with Crippen LogP contribution in [0.1, 0.15) is 16.7 Å². The van der Waals surface area contributed by atoms with Gasteiger partial charge in [0.05, 0.1) is 17.1 Å². The molecule has 6 nitrogen and oxygen atoms in total. The number of ether oxygens (including phenoxy) is 1. The summed E-state index contributed by atoms with van der Waals surface area (Å²) in [6, 6.07) is 10.8. The van der Waals surface area contributed by atoms with Crippen molar-refractivity contribution >= 4 is 27.3 Å². The van der Waals surface area contributed by atoms with Gasteiger partial charge in [0, 0.05) is 0 Å². The fraction of sp³-hybridized carbons (Fsp3) is 0.235. The Bertz CT molecular complexity index is 907. The first-order valence-corrected chi connectivity index (χ1v) is 9.11. The number of sulfonamides is 1. The van der Waals surface area contributed by atoms with E-state index < -0.39 is 10.0 Å². The van der Waals surface area contributed by atoms with Crippen molar-refractivity contribution in [1.82, 2.24) is 0 Å². The van der Waals surface area contributed by atoms with Gasteiger partial charge in [0.1, 0.15) is 0 Å². The number of benzene rings is 2. The van der Waals surface area contributed by atoms with Crippen LogP contribution < -0.4 is 14.8 Å². The van der Waals surface area contributed by atoms with E-state index in [2.05, 4.69) is 10.0 Å². The van der Waals surface area contributed by atoms with Crippen LogP contribution in [0.5, 0.6) is 5.75 Å².